The highest BCUT2D eigenvalue weighted by molar-refractivity contribution is 5.91. The number of carboxylic acid groups (broad SMARTS) is 1. The van der Waals surface area contributed by atoms with Crippen molar-refractivity contribution in [1.29, 1.82) is 0 Å². The SMILES string of the molecule is CCOC(=O)/C=C/[C@@H]1Cc2ccccc2N1C(=O)O. The average Bonchev–Trinajstić information content (AvgIpc) is 2.75. The van der Waals surface area contributed by atoms with Crippen molar-refractivity contribution in [3.63, 3.8) is 0 Å². The van der Waals surface area contributed by atoms with Crippen LogP contribution in [0.1, 0.15) is 12.5 Å². The maximum Gasteiger partial charge on any atom is 0.412 e. The van der Waals surface area contributed by atoms with E-state index in [-0.39, 0.29) is 6.04 Å². The Morgan fingerprint density at radius 1 is 1.47 bits per heavy atom. The van der Waals surface area contributed by atoms with Crippen LogP contribution in [0.2, 0.25) is 0 Å². The van der Waals surface area contributed by atoms with E-state index in [4.69, 9.17) is 4.74 Å². The van der Waals surface area contributed by atoms with Crippen LogP contribution in [0.5, 0.6) is 0 Å². The zero-order valence-corrected chi connectivity index (χ0v) is 10.6. The molecule has 5 nitrogen and oxygen atoms in total. The van der Waals surface area contributed by atoms with Crippen molar-refractivity contribution in [1.82, 2.24) is 0 Å². The third kappa shape index (κ3) is 2.76. The van der Waals surface area contributed by atoms with E-state index in [1.54, 1.807) is 25.1 Å². The summed E-state index contributed by atoms with van der Waals surface area (Å²) in [6, 6.07) is 6.97. The van der Waals surface area contributed by atoms with Crippen LogP contribution < -0.4 is 4.90 Å². The second-order valence-corrected chi connectivity index (χ2v) is 4.16. The average molecular weight is 261 g/mol. The fraction of sp³-hybridized carbons (Fsp3) is 0.286. The molecule has 1 amide bonds. The van der Waals surface area contributed by atoms with E-state index in [1.807, 2.05) is 12.1 Å². The van der Waals surface area contributed by atoms with Gasteiger partial charge in [-0.2, -0.15) is 0 Å². The molecule has 1 aromatic rings. The molecular weight excluding hydrogens is 246 g/mol. The van der Waals surface area contributed by atoms with Crippen molar-refractivity contribution in [3.05, 3.63) is 42.0 Å². The first-order valence-electron chi connectivity index (χ1n) is 6.08. The van der Waals surface area contributed by atoms with E-state index >= 15 is 0 Å². The Bertz CT molecular complexity index is 524. The maximum absolute atomic E-state index is 11.3. The van der Waals surface area contributed by atoms with Gasteiger partial charge in [-0.15, -0.1) is 0 Å². The summed E-state index contributed by atoms with van der Waals surface area (Å²) in [5, 5.41) is 9.27. The van der Waals surface area contributed by atoms with E-state index < -0.39 is 12.1 Å². The number of benzene rings is 1. The quantitative estimate of drug-likeness (QED) is 0.669. The molecule has 0 unspecified atom stereocenters. The van der Waals surface area contributed by atoms with Gasteiger partial charge in [0.1, 0.15) is 0 Å². The number of para-hydroxylation sites is 1. The zero-order valence-electron chi connectivity index (χ0n) is 10.6. The molecule has 0 aliphatic carbocycles. The van der Waals surface area contributed by atoms with E-state index in [0.29, 0.717) is 18.7 Å². The molecule has 0 saturated carbocycles. The fourth-order valence-corrected chi connectivity index (χ4v) is 2.19. The van der Waals surface area contributed by atoms with Gasteiger partial charge in [-0.25, -0.2) is 9.59 Å². The lowest BCUT2D eigenvalue weighted by Gasteiger charge is -2.19. The molecule has 1 aromatic carbocycles. The van der Waals surface area contributed by atoms with Gasteiger partial charge in [-0.05, 0) is 25.0 Å². The lowest BCUT2D eigenvalue weighted by Crippen LogP contribution is -2.35. The molecule has 0 bridgehead atoms. The molecular formula is C14H15NO4. The van der Waals surface area contributed by atoms with Crippen molar-refractivity contribution in [2.24, 2.45) is 0 Å². The summed E-state index contributed by atoms with van der Waals surface area (Å²) in [5.74, 6) is -0.455. The van der Waals surface area contributed by atoms with Crippen molar-refractivity contribution < 1.29 is 19.4 Å². The smallest absolute Gasteiger partial charge is 0.412 e. The normalized spacial score (nSPS) is 17.5. The minimum Gasteiger partial charge on any atom is -0.465 e. The van der Waals surface area contributed by atoms with Crippen molar-refractivity contribution >= 4 is 17.7 Å². The lowest BCUT2D eigenvalue weighted by molar-refractivity contribution is -0.137. The Balaban J connectivity index is 2.19. The number of hydrogen-bond donors (Lipinski definition) is 1. The molecule has 0 fully saturated rings. The van der Waals surface area contributed by atoms with Crippen LogP contribution in [0.25, 0.3) is 0 Å². The number of nitrogens with zero attached hydrogens (tertiary/aromatic N) is 1. The number of fused-ring (bicyclic) bond motifs is 1. The molecule has 0 radical (unpaired) electrons. The highest BCUT2D eigenvalue weighted by atomic mass is 16.5. The topological polar surface area (TPSA) is 66.8 Å². The fourth-order valence-electron chi connectivity index (χ4n) is 2.19. The van der Waals surface area contributed by atoms with Gasteiger partial charge in [0.15, 0.2) is 0 Å². The molecule has 1 aliphatic heterocycles. The van der Waals surface area contributed by atoms with Gasteiger partial charge in [-0.3, -0.25) is 4.90 Å². The molecule has 1 N–H and O–H groups in total. The third-order valence-electron chi connectivity index (χ3n) is 2.96. The number of anilines is 1. The van der Waals surface area contributed by atoms with Crippen LogP contribution >= 0.6 is 0 Å². The van der Waals surface area contributed by atoms with E-state index in [1.165, 1.54) is 11.0 Å². The predicted molar refractivity (Wildman–Crippen MR) is 70.2 cm³/mol. The Kier molecular flexibility index (Phi) is 3.85. The van der Waals surface area contributed by atoms with Crippen LogP contribution in [0.3, 0.4) is 0 Å². The highest BCUT2D eigenvalue weighted by Crippen LogP contribution is 2.32. The molecule has 19 heavy (non-hydrogen) atoms. The van der Waals surface area contributed by atoms with Crippen molar-refractivity contribution in [2.75, 3.05) is 11.5 Å². The van der Waals surface area contributed by atoms with Crippen LogP contribution in [-0.2, 0) is 16.0 Å². The molecule has 1 atom stereocenters. The monoisotopic (exact) mass is 261 g/mol. The second-order valence-electron chi connectivity index (χ2n) is 4.16. The van der Waals surface area contributed by atoms with E-state index in [2.05, 4.69) is 0 Å². The number of carbonyl (C=O) groups is 2. The maximum atomic E-state index is 11.3. The van der Waals surface area contributed by atoms with Gasteiger partial charge in [0.05, 0.1) is 18.3 Å². The number of amides is 1. The third-order valence-corrected chi connectivity index (χ3v) is 2.96. The molecule has 0 spiro atoms. The Labute approximate surface area is 111 Å². The molecule has 0 aromatic heterocycles. The first-order chi connectivity index (χ1) is 9.13. The number of carbonyl (C=O) groups excluding carboxylic acids is 1. The number of hydrogen-bond acceptors (Lipinski definition) is 3. The summed E-state index contributed by atoms with van der Waals surface area (Å²) in [6.45, 7) is 2.03. The van der Waals surface area contributed by atoms with Gasteiger partial charge >= 0.3 is 12.1 Å². The molecule has 2 rings (SSSR count). The lowest BCUT2D eigenvalue weighted by atomic mass is 10.1. The van der Waals surface area contributed by atoms with E-state index in [9.17, 15) is 14.7 Å². The molecule has 5 heteroatoms. The summed E-state index contributed by atoms with van der Waals surface area (Å²) in [6.07, 6.45) is 2.41. The number of rotatable bonds is 3. The van der Waals surface area contributed by atoms with Crippen molar-refractivity contribution in [2.45, 2.75) is 19.4 Å². The molecule has 100 valence electrons. The standard InChI is InChI=1S/C14H15NO4/c1-2-19-13(16)8-7-11-9-10-5-3-4-6-12(10)15(11)14(17)18/h3-8,11H,2,9H2,1H3,(H,17,18)/b8-7+/t11-/m1/s1. The van der Waals surface area contributed by atoms with Gasteiger partial charge in [0.25, 0.3) is 0 Å². The molecule has 1 aliphatic rings. The summed E-state index contributed by atoms with van der Waals surface area (Å²) >= 11 is 0. The summed E-state index contributed by atoms with van der Waals surface area (Å²) in [4.78, 5) is 23.9. The first kappa shape index (κ1) is 13.1. The van der Waals surface area contributed by atoms with E-state index in [0.717, 1.165) is 5.56 Å². The van der Waals surface area contributed by atoms with Crippen LogP contribution in [0.15, 0.2) is 36.4 Å². The zero-order chi connectivity index (χ0) is 13.8. The summed E-state index contributed by atoms with van der Waals surface area (Å²) in [7, 11) is 0. The molecule has 0 saturated heterocycles. The largest absolute Gasteiger partial charge is 0.465 e. The van der Waals surface area contributed by atoms with Gasteiger partial charge in [0.2, 0.25) is 0 Å². The van der Waals surface area contributed by atoms with Crippen LogP contribution in [0.4, 0.5) is 10.5 Å². The van der Waals surface area contributed by atoms with Gasteiger partial charge in [0, 0.05) is 6.08 Å². The summed E-state index contributed by atoms with van der Waals surface area (Å²) < 4.78 is 4.78. The van der Waals surface area contributed by atoms with Gasteiger partial charge in [-0.1, -0.05) is 24.3 Å². The van der Waals surface area contributed by atoms with Crippen LogP contribution in [-0.4, -0.2) is 29.8 Å². The first-order valence-corrected chi connectivity index (χ1v) is 6.08. The second kappa shape index (κ2) is 5.56. The highest BCUT2D eigenvalue weighted by Gasteiger charge is 2.31. The minimum atomic E-state index is -1.02. The number of esters is 1. The van der Waals surface area contributed by atoms with Crippen molar-refractivity contribution in [3.8, 4) is 0 Å². The number of ether oxygens (including phenoxy) is 1. The van der Waals surface area contributed by atoms with Gasteiger partial charge < -0.3 is 9.84 Å². The Hall–Kier alpha value is -2.30. The molecule has 1 heterocycles. The summed E-state index contributed by atoms with van der Waals surface area (Å²) in [5.41, 5.74) is 1.64. The Morgan fingerprint density at radius 3 is 2.89 bits per heavy atom. The van der Waals surface area contributed by atoms with Crippen LogP contribution in [0, 0.1) is 0 Å². The minimum absolute atomic E-state index is 0.302. The predicted octanol–water partition coefficient (Wildman–Crippen LogP) is 2.21. The Morgan fingerprint density at radius 2 is 2.21 bits per heavy atom.